The molecule has 1 amide bonds. The molecule has 1 atom stereocenters. The summed E-state index contributed by atoms with van der Waals surface area (Å²) in [6.45, 7) is 4.46. The minimum absolute atomic E-state index is 0.0411. The molecule has 1 aliphatic carbocycles. The molecule has 0 radical (unpaired) electrons. The molecule has 1 fully saturated rings. The van der Waals surface area contributed by atoms with Crippen LogP contribution in [0.25, 0.3) is 5.69 Å². The van der Waals surface area contributed by atoms with Crippen LogP contribution in [-0.2, 0) is 0 Å². The number of aryl methyl sites for hydroxylation is 1. The molecule has 3 rings (SSSR count). The molecule has 1 saturated carbocycles. The molecule has 1 heterocycles. The molecule has 0 spiro atoms. The predicted molar refractivity (Wildman–Crippen MR) is 93.3 cm³/mol. The number of benzene rings is 1. The number of nitrogens with zero attached hydrogens (tertiary/aromatic N) is 1. The SMILES string of the molecule is Cc1cc(C(=O)NC(CN)C2CC2)c(C)n1-c1ccc(Cl)cc1. The van der Waals surface area contributed by atoms with Gasteiger partial charge >= 0.3 is 0 Å². The van der Waals surface area contributed by atoms with Crippen molar-refractivity contribution in [3.63, 3.8) is 0 Å². The molecule has 5 heteroatoms. The van der Waals surface area contributed by atoms with Gasteiger partial charge in [0.05, 0.1) is 5.56 Å². The highest BCUT2D eigenvalue weighted by molar-refractivity contribution is 6.30. The molecule has 0 bridgehead atoms. The summed E-state index contributed by atoms with van der Waals surface area (Å²) in [4.78, 5) is 12.6. The Labute approximate surface area is 141 Å². The van der Waals surface area contributed by atoms with Gasteiger partial charge in [0.1, 0.15) is 0 Å². The van der Waals surface area contributed by atoms with E-state index in [9.17, 15) is 4.79 Å². The molecule has 0 saturated heterocycles. The molecule has 1 aliphatic rings. The number of amides is 1. The van der Waals surface area contributed by atoms with Crippen LogP contribution in [0.2, 0.25) is 5.02 Å². The zero-order chi connectivity index (χ0) is 16.6. The molecular formula is C18H22ClN3O. The van der Waals surface area contributed by atoms with Crippen molar-refractivity contribution >= 4 is 17.5 Å². The van der Waals surface area contributed by atoms with E-state index < -0.39 is 0 Å². The standard InChI is InChI=1S/C18H22ClN3O/c1-11-9-16(18(23)21-17(10-20)13-3-4-13)12(2)22(11)15-7-5-14(19)6-8-15/h5-9,13,17H,3-4,10,20H2,1-2H3,(H,21,23). The average Bonchev–Trinajstić information content (AvgIpc) is 3.32. The lowest BCUT2D eigenvalue weighted by Gasteiger charge is -2.16. The van der Waals surface area contributed by atoms with E-state index in [1.54, 1.807) is 0 Å². The van der Waals surface area contributed by atoms with Crippen LogP contribution >= 0.6 is 11.6 Å². The van der Waals surface area contributed by atoms with Gasteiger partial charge in [0.25, 0.3) is 5.91 Å². The second-order valence-corrected chi connectivity index (χ2v) is 6.69. The summed E-state index contributed by atoms with van der Waals surface area (Å²) in [5, 5.41) is 3.79. The van der Waals surface area contributed by atoms with Gasteiger partial charge in [0.2, 0.25) is 0 Å². The first-order valence-corrected chi connectivity index (χ1v) is 8.35. The summed E-state index contributed by atoms with van der Waals surface area (Å²) in [5.41, 5.74) is 9.44. The Morgan fingerprint density at radius 2 is 2.00 bits per heavy atom. The Kier molecular flexibility index (Phi) is 4.46. The fourth-order valence-corrected chi connectivity index (χ4v) is 3.22. The Morgan fingerprint density at radius 3 is 2.57 bits per heavy atom. The van der Waals surface area contributed by atoms with E-state index in [0.29, 0.717) is 23.0 Å². The maximum absolute atomic E-state index is 12.6. The van der Waals surface area contributed by atoms with Gasteiger partial charge in [-0.1, -0.05) is 11.6 Å². The van der Waals surface area contributed by atoms with Gasteiger partial charge in [0.15, 0.2) is 0 Å². The van der Waals surface area contributed by atoms with Crippen molar-refractivity contribution in [1.29, 1.82) is 0 Å². The number of hydrogen-bond acceptors (Lipinski definition) is 2. The third-order valence-corrected chi connectivity index (χ3v) is 4.77. The topological polar surface area (TPSA) is 60.1 Å². The number of halogens is 1. The lowest BCUT2D eigenvalue weighted by molar-refractivity contribution is 0.0933. The average molecular weight is 332 g/mol. The Hall–Kier alpha value is -1.78. The molecule has 122 valence electrons. The Bertz CT molecular complexity index is 717. The van der Waals surface area contributed by atoms with E-state index in [-0.39, 0.29) is 11.9 Å². The van der Waals surface area contributed by atoms with Gasteiger partial charge in [-0.15, -0.1) is 0 Å². The van der Waals surface area contributed by atoms with Gasteiger partial charge in [-0.25, -0.2) is 0 Å². The molecule has 0 aliphatic heterocycles. The first kappa shape index (κ1) is 16.1. The van der Waals surface area contributed by atoms with E-state index in [2.05, 4.69) is 9.88 Å². The summed E-state index contributed by atoms with van der Waals surface area (Å²) in [7, 11) is 0. The van der Waals surface area contributed by atoms with Gasteiger partial charge < -0.3 is 15.6 Å². The lowest BCUT2D eigenvalue weighted by atomic mass is 10.1. The van der Waals surface area contributed by atoms with Crippen LogP contribution < -0.4 is 11.1 Å². The third kappa shape index (κ3) is 3.28. The van der Waals surface area contributed by atoms with E-state index >= 15 is 0 Å². The van der Waals surface area contributed by atoms with Crippen LogP contribution in [-0.4, -0.2) is 23.1 Å². The molecule has 1 unspecified atom stereocenters. The summed E-state index contributed by atoms with van der Waals surface area (Å²) in [6, 6.07) is 9.63. The van der Waals surface area contributed by atoms with Crippen molar-refractivity contribution in [2.24, 2.45) is 11.7 Å². The number of carbonyl (C=O) groups is 1. The summed E-state index contributed by atoms with van der Waals surface area (Å²) >= 11 is 5.96. The van der Waals surface area contributed by atoms with Crippen LogP contribution in [0.4, 0.5) is 0 Å². The smallest absolute Gasteiger partial charge is 0.253 e. The van der Waals surface area contributed by atoms with Crippen LogP contribution in [0.15, 0.2) is 30.3 Å². The largest absolute Gasteiger partial charge is 0.348 e. The van der Waals surface area contributed by atoms with E-state index in [4.69, 9.17) is 17.3 Å². The highest BCUT2D eigenvalue weighted by Crippen LogP contribution is 2.32. The minimum atomic E-state index is -0.0411. The Balaban J connectivity index is 1.87. The van der Waals surface area contributed by atoms with Crippen LogP contribution in [0.5, 0.6) is 0 Å². The maximum Gasteiger partial charge on any atom is 0.253 e. The number of nitrogens with two attached hydrogens (primary N) is 1. The minimum Gasteiger partial charge on any atom is -0.348 e. The molecule has 4 nitrogen and oxygen atoms in total. The van der Waals surface area contributed by atoms with Gasteiger partial charge in [-0.3, -0.25) is 4.79 Å². The molecule has 2 aromatic rings. The van der Waals surface area contributed by atoms with Crippen molar-refractivity contribution in [1.82, 2.24) is 9.88 Å². The molecule has 3 N–H and O–H groups in total. The van der Waals surface area contributed by atoms with Crippen LogP contribution in [0.3, 0.4) is 0 Å². The number of rotatable bonds is 5. The molecule has 1 aromatic carbocycles. The zero-order valence-electron chi connectivity index (χ0n) is 13.5. The van der Waals surface area contributed by atoms with E-state index in [1.165, 1.54) is 0 Å². The quantitative estimate of drug-likeness (QED) is 0.883. The molecular weight excluding hydrogens is 310 g/mol. The summed E-state index contributed by atoms with van der Waals surface area (Å²) < 4.78 is 2.07. The summed E-state index contributed by atoms with van der Waals surface area (Å²) in [6.07, 6.45) is 2.32. The number of aromatic nitrogens is 1. The first-order chi connectivity index (χ1) is 11.0. The predicted octanol–water partition coefficient (Wildman–Crippen LogP) is 3.21. The van der Waals surface area contributed by atoms with Crippen molar-refractivity contribution in [3.8, 4) is 5.69 Å². The van der Waals surface area contributed by atoms with E-state index in [0.717, 1.165) is 29.9 Å². The van der Waals surface area contributed by atoms with Crippen LogP contribution in [0.1, 0.15) is 34.6 Å². The number of hydrogen-bond donors (Lipinski definition) is 2. The van der Waals surface area contributed by atoms with Gasteiger partial charge in [0, 0.05) is 34.7 Å². The first-order valence-electron chi connectivity index (χ1n) is 7.97. The highest BCUT2D eigenvalue weighted by atomic mass is 35.5. The molecule has 1 aromatic heterocycles. The van der Waals surface area contributed by atoms with Crippen LogP contribution in [0, 0.1) is 19.8 Å². The third-order valence-electron chi connectivity index (χ3n) is 4.52. The Morgan fingerprint density at radius 1 is 1.35 bits per heavy atom. The van der Waals surface area contributed by atoms with Gasteiger partial charge in [-0.2, -0.15) is 0 Å². The monoisotopic (exact) mass is 331 g/mol. The van der Waals surface area contributed by atoms with E-state index in [1.807, 2.05) is 44.2 Å². The summed E-state index contributed by atoms with van der Waals surface area (Å²) in [5.74, 6) is 0.504. The number of nitrogens with one attached hydrogen (secondary N) is 1. The highest BCUT2D eigenvalue weighted by Gasteiger charge is 2.32. The second-order valence-electron chi connectivity index (χ2n) is 6.25. The fourth-order valence-electron chi connectivity index (χ4n) is 3.09. The van der Waals surface area contributed by atoms with Gasteiger partial charge in [-0.05, 0) is 62.9 Å². The zero-order valence-corrected chi connectivity index (χ0v) is 14.2. The van der Waals surface area contributed by atoms with Crippen molar-refractivity contribution in [2.45, 2.75) is 32.7 Å². The lowest BCUT2D eigenvalue weighted by Crippen LogP contribution is -2.41. The second kappa shape index (κ2) is 6.38. The normalized spacial score (nSPS) is 15.5. The van der Waals surface area contributed by atoms with Crippen molar-refractivity contribution in [3.05, 3.63) is 52.3 Å². The maximum atomic E-state index is 12.6. The van der Waals surface area contributed by atoms with Crippen molar-refractivity contribution < 1.29 is 4.79 Å². The fraction of sp³-hybridized carbons (Fsp3) is 0.389. The number of carbonyl (C=O) groups excluding carboxylic acids is 1. The van der Waals surface area contributed by atoms with Crippen molar-refractivity contribution in [2.75, 3.05) is 6.54 Å². The molecule has 23 heavy (non-hydrogen) atoms.